The van der Waals surface area contributed by atoms with Crippen molar-refractivity contribution in [1.29, 1.82) is 0 Å². The number of nitrogens with one attached hydrogen (secondary N) is 1. The van der Waals surface area contributed by atoms with Gasteiger partial charge in [-0.1, -0.05) is 13.8 Å². The molecule has 0 unspecified atom stereocenters. The van der Waals surface area contributed by atoms with Crippen LogP contribution >= 0.6 is 0 Å². The van der Waals surface area contributed by atoms with Crippen LogP contribution in [0.25, 0.3) is 0 Å². The van der Waals surface area contributed by atoms with E-state index in [1.165, 1.54) is 19.2 Å². The Morgan fingerprint density at radius 3 is 2.60 bits per heavy atom. The molecule has 0 saturated carbocycles. The Bertz CT molecular complexity index is 459. The van der Waals surface area contributed by atoms with Crippen molar-refractivity contribution in [3.63, 3.8) is 0 Å². The van der Waals surface area contributed by atoms with E-state index in [1.54, 1.807) is 0 Å². The number of aromatic hydroxyl groups is 1. The topological polar surface area (TPSA) is 87.8 Å². The van der Waals surface area contributed by atoms with Crippen LogP contribution in [0.2, 0.25) is 0 Å². The van der Waals surface area contributed by atoms with Gasteiger partial charge in [0.2, 0.25) is 0 Å². The van der Waals surface area contributed by atoms with E-state index in [0.717, 1.165) is 19.6 Å². The summed E-state index contributed by atoms with van der Waals surface area (Å²) < 4.78 is 5.11. The van der Waals surface area contributed by atoms with Crippen molar-refractivity contribution in [1.82, 2.24) is 10.2 Å². The summed E-state index contributed by atoms with van der Waals surface area (Å²) in [5.41, 5.74) is 6.03. The smallest absolute Gasteiger partial charge is 0.255 e. The van der Waals surface area contributed by atoms with Crippen LogP contribution < -0.4 is 15.8 Å². The number of benzene rings is 1. The Balaban J connectivity index is 2.70. The maximum Gasteiger partial charge on any atom is 0.255 e. The molecule has 1 amide bonds. The van der Waals surface area contributed by atoms with Gasteiger partial charge in [0.05, 0.1) is 18.4 Å². The molecule has 0 bridgehead atoms. The highest BCUT2D eigenvalue weighted by Crippen LogP contribution is 2.29. The first-order valence-corrected chi connectivity index (χ1v) is 6.70. The molecule has 0 radical (unpaired) electrons. The maximum absolute atomic E-state index is 12.1. The average Bonchev–Trinajstić information content (AvgIpc) is 2.45. The van der Waals surface area contributed by atoms with Crippen molar-refractivity contribution in [2.45, 2.75) is 13.8 Å². The highest BCUT2D eigenvalue weighted by atomic mass is 16.5. The lowest BCUT2D eigenvalue weighted by atomic mass is 10.1. The van der Waals surface area contributed by atoms with E-state index >= 15 is 0 Å². The number of methoxy groups -OCH3 is 1. The third-order valence-electron chi connectivity index (χ3n) is 3.20. The molecule has 0 fully saturated rings. The van der Waals surface area contributed by atoms with E-state index in [4.69, 9.17) is 10.5 Å². The van der Waals surface area contributed by atoms with E-state index in [1.807, 2.05) is 0 Å². The summed E-state index contributed by atoms with van der Waals surface area (Å²) in [5.74, 6) is -0.0651. The third-order valence-corrected chi connectivity index (χ3v) is 3.20. The summed E-state index contributed by atoms with van der Waals surface area (Å²) in [6, 6.07) is 2.76. The van der Waals surface area contributed by atoms with E-state index in [-0.39, 0.29) is 22.9 Å². The quantitative estimate of drug-likeness (QED) is 0.514. The molecule has 6 heteroatoms. The second-order valence-electron chi connectivity index (χ2n) is 4.39. The number of hydrogen-bond donors (Lipinski definition) is 3. The van der Waals surface area contributed by atoms with Gasteiger partial charge in [-0.05, 0) is 19.2 Å². The average molecular weight is 281 g/mol. The second kappa shape index (κ2) is 7.59. The van der Waals surface area contributed by atoms with E-state index < -0.39 is 0 Å². The van der Waals surface area contributed by atoms with Crippen LogP contribution in [0.4, 0.5) is 5.69 Å². The SMILES string of the molecule is CCN(CC)CCNC(=O)c1cc(O)c(N)cc1OC. The Kier molecular flexibility index (Phi) is 6.11. The number of hydrogen-bond acceptors (Lipinski definition) is 5. The van der Waals surface area contributed by atoms with Gasteiger partial charge in [-0.25, -0.2) is 0 Å². The van der Waals surface area contributed by atoms with Gasteiger partial charge in [-0.3, -0.25) is 4.79 Å². The van der Waals surface area contributed by atoms with Crippen LogP contribution in [0.5, 0.6) is 11.5 Å². The molecular formula is C14H23N3O3. The van der Waals surface area contributed by atoms with Crippen molar-refractivity contribution >= 4 is 11.6 Å². The Labute approximate surface area is 119 Å². The largest absolute Gasteiger partial charge is 0.506 e. The number of likely N-dealkylation sites (N-methyl/N-ethyl adjacent to an activating group) is 1. The minimum absolute atomic E-state index is 0.125. The van der Waals surface area contributed by atoms with E-state index in [9.17, 15) is 9.90 Å². The zero-order valence-electron chi connectivity index (χ0n) is 12.3. The number of nitrogens with zero attached hydrogens (tertiary/aromatic N) is 1. The van der Waals surface area contributed by atoms with Gasteiger partial charge in [-0.15, -0.1) is 0 Å². The zero-order chi connectivity index (χ0) is 15.1. The highest BCUT2D eigenvalue weighted by Gasteiger charge is 2.15. The van der Waals surface area contributed by atoms with Gasteiger partial charge in [0.25, 0.3) is 5.91 Å². The number of nitrogen functional groups attached to an aromatic ring is 1. The molecule has 1 aromatic carbocycles. The maximum atomic E-state index is 12.1. The van der Waals surface area contributed by atoms with Gasteiger partial charge in [0.15, 0.2) is 0 Å². The minimum atomic E-state index is -0.288. The van der Waals surface area contributed by atoms with Crippen molar-refractivity contribution < 1.29 is 14.6 Å². The molecule has 0 heterocycles. The number of carbonyl (C=O) groups is 1. The number of carbonyl (C=O) groups excluding carboxylic acids is 1. The fraction of sp³-hybridized carbons (Fsp3) is 0.500. The summed E-state index contributed by atoms with van der Waals surface area (Å²) in [4.78, 5) is 14.3. The molecule has 0 aliphatic heterocycles. The molecular weight excluding hydrogens is 258 g/mol. The molecule has 0 atom stereocenters. The number of phenols is 1. The summed E-state index contributed by atoms with van der Waals surface area (Å²) in [5, 5.41) is 12.4. The van der Waals surface area contributed by atoms with Crippen LogP contribution in [-0.4, -0.2) is 49.2 Å². The molecule has 0 aromatic heterocycles. The lowest BCUT2D eigenvalue weighted by Gasteiger charge is -2.18. The number of rotatable bonds is 7. The van der Waals surface area contributed by atoms with Crippen LogP contribution in [0.15, 0.2) is 12.1 Å². The molecule has 4 N–H and O–H groups in total. The normalized spacial score (nSPS) is 10.6. The number of ether oxygens (including phenoxy) is 1. The first-order valence-electron chi connectivity index (χ1n) is 6.70. The first kappa shape index (κ1) is 16.1. The monoisotopic (exact) mass is 281 g/mol. The minimum Gasteiger partial charge on any atom is -0.506 e. The molecule has 0 aliphatic carbocycles. The molecule has 0 saturated heterocycles. The number of anilines is 1. The predicted molar refractivity (Wildman–Crippen MR) is 79.2 cm³/mol. The van der Waals surface area contributed by atoms with Crippen LogP contribution in [0.1, 0.15) is 24.2 Å². The zero-order valence-corrected chi connectivity index (χ0v) is 12.3. The fourth-order valence-corrected chi connectivity index (χ4v) is 1.89. The molecule has 0 aliphatic rings. The van der Waals surface area contributed by atoms with Crippen molar-refractivity contribution in [2.24, 2.45) is 0 Å². The molecule has 1 aromatic rings. The van der Waals surface area contributed by atoms with Gasteiger partial charge in [0, 0.05) is 19.2 Å². The molecule has 0 spiro atoms. The van der Waals surface area contributed by atoms with E-state index in [0.29, 0.717) is 12.3 Å². The molecule has 6 nitrogen and oxygen atoms in total. The molecule has 1 rings (SSSR count). The standard InChI is InChI=1S/C14H23N3O3/c1-4-17(5-2)7-6-16-14(19)10-8-12(18)11(15)9-13(10)20-3/h8-9,18H,4-7,15H2,1-3H3,(H,16,19). The summed E-state index contributed by atoms with van der Waals surface area (Å²) >= 11 is 0. The second-order valence-corrected chi connectivity index (χ2v) is 4.39. The Morgan fingerprint density at radius 1 is 1.40 bits per heavy atom. The summed E-state index contributed by atoms with van der Waals surface area (Å²) in [6.07, 6.45) is 0. The Morgan fingerprint density at radius 2 is 2.05 bits per heavy atom. The third kappa shape index (κ3) is 4.03. The first-order chi connectivity index (χ1) is 9.53. The van der Waals surface area contributed by atoms with E-state index in [2.05, 4.69) is 24.1 Å². The predicted octanol–water partition coefficient (Wildman–Crippen LogP) is 1.05. The van der Waals surface area contributed by atoms with Crippen molar-refractivity contribution in [3.05, 3.63) is 17.7 Å². The summed E-state index contributed by atoms with van der Waals surface area (Å²) in [6.45, 7) is 7.35. The van der Waals surface area contributed by atoms with Crippen LogP contribution in [0.3, 0.4) is 0 Å². The van der Waals surface area contributed by atoms with Crippen LogP contribution in [-0.2, 0) is 0 Å². The molecule has 112 valence electrons. The lowest BCUT2D eigenvalue weighted by molar-refractivity contribution is 0.0945. The lowest BCUT2D eigenvalue weighted by Crippen LogP contribution is -2.34. The number of phenolic OH excluding ortho intramolecular Hbond substituents is 1. The van der Waals surface area contributed by atoms with Gasteiger partial charge >= 0.3 is 0 Å². The van der Waals surface area contributed by atoms with Gasteiger partial charge in [-0.2, -0.15) is 0 Å². The fourth-order valence-electron chi connectivity index (χ4n) is 1.89. The highest BCUT2D eigenvalue weighted by molar-refractivity contribution is 5.98. The van der Waals surface area contributed by atoms with Crippen molar-refractivity contribution in [3.8, 4) is 11.5 Å². The molecule has 20 heavy (non-hydrogen) atoms. The van der Waals surface area contributed by atoms with Gasteiger partial charge < -0.3 is 25.8 Å². The number of nitrogens with two attached hydrogens (primary N) is 1. The Hall–Kier alpha value is -1.95. The van der Waals surface area contributed by atoms with Crippen molar-refractivity contribution in [2.75, 3.05) is 39.0 Å². The van der Waals surface area contributed by atoms with Crippen LogP contribution in [0, 0.1) is 0 Å². The number of amides is 1. The van der Waals surface area contributed by atoms with Gasteiger partial charge in [0.1, 0.15) is 11.5 Å². The summed E-state index contributed by atoms with van der Waals surface area (Å²) in [7, 11) is 1.46.